The van der Waals surface area contributed by atoms with E-state index in [0.717, 1.165) is 6.42 Å². The largest absolute Gasteiger partial charge is 0.595 e. The van der Waals surface area contributed by atoms with Crippen molar-refractivity contribution in [3.8, 4) is 11.3 Å². The summed E-state index contributed by atoms with van der Waals surface area (Å²) in [5, 5.41) is 26.2. The molecule has 0 bridgehead atoms. The molecule has 0 radical (unpaired) electrons. The Balaban J connectivity index is 1.52. The van der Waals surface area contributed by atoms with Crippen LogP contribution in [0.25, 0.3) is 11.3 Å². The monoisotopic (exact) mass is 532 g/mol. The fourth-order valence-corrected chi connectivity index (χ4v) is 4.42. The number of rotatable bonds is 8. The Labute approximate surface area is 217 Å². The fraction of sp³-hybridized carbons (Fsp3) is 0.261. The number of carbonyl (C=O) groups is 1. The molecule has 0 spiro atoms. The van der Waals surface area contributed by atoms with Crippen LogP contribution >= 0.6 is 23.2 Å². The van der Waals surface area contributed by atoms with Crippen LogP contribution in [0.2, 0.25) is 10.0 Å². The molecule has 1 amide bonds. The van der Waals surface area contributed by atoms with Crippen LogP contribution < -0.4 is 32.2 Å². The number of pyridine rings is 2. The van der Waals surface area contributed by atoms with E-state index in [0.29, 0.717) is 64.7 Å². The number of benzene rings is 1. The highest BCUT2D eigenvalue weighted by Crippen LogP contribution is 2.37. The van der Waals surface area contributed by atoms with Gasteiger partial charge in [0.15, 0.2) is 5.82 Å². The molecule has 13 heteroatoms. The number of nitrogens with zero attached hydrogens (tertiary/aromatic N) is 3. The molecule has 0 aliphatic carbocycles. The molecule has 1 fully saturated rings. The molecular formula is C23H26Cl2N8O3. The molecule has 0 saturated carbocycles. The van der Waals surface area contributed by atoms with E-state index < -0.39 is 11.3 Å². The molecule has 2 atom stereocenters. The van der Waals surface area contributed by atoms with Gasteiger partial charge in [0, 0.05) is 36.3 Å². The number of halogens is 2. The number of anilines is 4. The van der Waals surface area contributed by atoms with Gasteiger partial charge in [0.05, 0.1) is 22.4 Å². The summed E-state index contributed by atoms with van der Waals surface area (Å²) in [5.74, 6) is 0.814. The first-order valence-corrected chi connectivity index (χ1v) is 12.0. The number of nitrogens with one attached hydrogen (secondary N) is 3. The number of quaternary nitrogens is 1. The lowest BCUT2D eigenvalue weighted by Gasteiger charge is -2.32. The van der Waals surface area contributed by atoms with Crippen molar-refractivity contribution >= 4 is 57.9 Å². The molecule has 11 nitrogen and oxygen atoms in total. The minimum atomic E-state index is -1.13. The maximum atomic E-state index is 12.8. The second kappa shape index (κ2) is 11.2. The number of amides is 1. The van der Waals surface area contributed by atoms with Gasteiger partial charge in [0.1, 0.15) is 11.6 Å². The van der Waals surface area contributed by atoms with Crippen molar-refractivity contribution in [2.75, 3.05) is 40.9 Å². The topological polar surface area (TPSA) is 170 Å². The van der Waals surface area contributed by atoms with Gasteiger partial charge in [-0.15, -0.1) is 0 Å². The molecule has 36 heavy (non-hydrogen) atoms. The third-order valence-corrected chi connectivity index (χ3v) is 6.27. The number of hydrogen-bond acceptors (Lipinski definition) is 9. The Hall–Kier alpha value is -3.19. The summed E-state index contributed by atoms with van der Waals surface area (Å²) < 4.78 is 0. The third kappa shape index (κ3) is 5.78. The molecule has 8 N–H and O–H groups in total. The third-order valence-electron chi connectivity index (χ3n) is 5.72. The molecule has 3 aromatic rings. The first kappa shape index (κ1) is 25.9. The minimum Gasteiger partial charge on any atom is -0.595 e. The van der Waals surface area contributed by atoms with Crippen LogP contribution in [0, 0.1) is 5.21 Å². The van der Waals surface area contributed by atoms with E-state index in [4.69, 9.17) is 44.9 Å². The lowest BCUT2D eigenvalue weighted by atomic mass is 10.0. The summed E-state index contributed by atoms with van der Waals surface area (Å²) in [6.07, 6.45) is 1.43. The van der Waals surface area contributed by atoms with Crippen molar-refractivity contribution in [2.24, 2.45) is 5.73 Å². The zero-order valence-corrected chi connectivity index (χ0v) is 20.7. The van der Waals surface area contributed by atoms with E-state index in [9.17, 15) is 10.0 Å². The van der Waals surface area contributed by atoms with E-state index in [1.54, 1.807) is 35.2 Å². The maximum absolute atomic E-state index is 12.8. The average Bonchev–Trinajstić information content (AvgIpc) is 2.83. The van der Waals surface area contributed by atoms with Gasteiger partial charge in [0.25, 0.3) is 0 Å². The second-order valence-corrected chi connectivity index (χ2v) is 9.06. The van der Waals surface area contributed by atoms with Crippen LogP contribution in [0.5, 0.6) is 0 Å². The zero-order valence-electron chi connectivity index (χ0n) is 19.2. The number of carbonyl (C=O) groups excluding carboxylic acids is 1. The van der Waals surface area contributed by atoms with E-state index in [2.05, 4.69) is 15.6 Å². The molecule has 2 aromatic heterocycles. The normalized spacial score (nSPS) is 16.6. The molecule has 1 saturated heterocycles. The fourth-order valence-electron chi connectivity index (χ4n) is 3.93. The summed E-state index contributed by atoms with van der Waals surface area (Å²) in [4.78, 5) is 23.3. The van der Waals surface area contributed by atoms with E-state index >= 15 is 0 Å². The number of nitrogens with two attached hydrogens (primary N) is 2. The van der Waals surface area contributed by atoms with Crippen molar-refractivity contribution in [3.63, 3.8) is 0 Å². The highest BCUT2D eigenvalue weighted by molar-refractivity contribution is 6.36. The lowest BCUT2D eigenvalue weighted by Crippen LogP contribution is -2.99. The van der Waals surface area contributed by atoms with Crippen molar-refractivity contribution < 1.29 is 15.2 Å². The van der Waals surface area contributed by atoms with Gasteiger partial charge in [0.2, 0.25) is 11.6 Å². The number of nitrogen functional groups attached to an aromatic ring is 1. The van der Waals surface area contributed by atoms with Gasteiger partial charge >= 0.3 is 0 Å². The van der Waals surface area contributed by atoms with Crippen LogP contribution in [-0.4, -0.2) is 46.8 Å². The smallest absolute Gasteiger partial charge is 0.243 e. The van der Waals surface area contributed by atoms with Crippen LogP contribution in [0.4, 0.5) is 28.8 Å². The molecule has 4 rings (SSSR count). The molecule has 1 aliphatic rings. The highest BCUT2D eigenvalue weighted by atomic mass is 35.5. The van der Waals surface area contributed by atoms with Crippen LogP contribution in [0.15, 0.2) is 42.5 Å². The van der Waals surface area contributed by atoms with Crippen LogP contribution in [-0.2, 0) is 4.79 Å². The summed E-state index contributed by atoms with van der Waals surface area (Å²) >= 11 is 12.6. The SMILES string of the molecule is Nc1nc(NCCNc2ccc(N3CCCC(N)C3=O)c(-c3ccc(Cl)cc3Cl)n2)ccc1[NH+]([O-])O. The standard InChI is InChI=1S/C23H26Cl2N8O3/c24-13-3-4-14(15(25)12-13)21-17(32-11-1-2-16(26)23(32)34)5-7-19(30-21)28-9-10-29-20-8-6-18(33(35)36)22(27)31-20/h3-8,12,16,33,35H,1-2,9-11,26H2,(H,28,30)(H3,27,29,31). The lowest BCUT2D eigenvalue weighted by molar-refractivity contribution is -0.990. The van der Waals surface area contributed by atoms with Gasteiger partial charge in [-0.3, -0.25) is 4.79 Å². The summed E-state index contributed by atoms with van der Waals surface area (Å²) in [5.41, 5.74) is 13.5. The number of piperidine rings is 1. The Bertz CT molecular complexity index is 1260. The maximum Gasteiger partial charge on any atom is 0.243 e. The van der Waals surface area contributed by atoms with Gasteiger partial charge in [-0.2, -0.15) is 5.23 Å². The first-order chi connectivity index (χ1) is 17.2. The Morgan fingerprint density at radius 2 is 1.81 bits per heavy atom. The van der Waals surface area contributed by atoms with Gasteiger partial charge in [-0.1, -0.05) is 23.2 Å². The van der Waals surface area contributed by atoms with Crippen molar-refractivity contribution in [2.45, 2.75) is 18.9 Å². The van der Waals surface area contributed by atoms with Crippen molar-refractivity contribution in [1.82, 2.24) is 9.97 Å². The van der Waals surface area contributed by atoms with E-state index in [1.807, 2.05) is 6.07 Å². The molecule has 3 heterocycles. The number of hydrogen-bond donors (Lipinski definition) is 6. The molecule has 1 aromatic carbocycles. The van der Waals surface area contributed by atoms with Gasteiger partial charge < -0.3 is 32.2 Å². The van der Waals surface area contributed by atoms with Crippen molar-refractivity contribution in [3.05, 3.63) is 57.7 Å². The predicted molar refractivity (Wildman–Crippen MR) is 141 cm³/mol. The van der Waals surface area contributed by atoms with Crippen molar-refractivity contribution in [1.29, 1.82) is 0 Å². The van der Waals surface area contributed by atoms with E-state index in [-0.39, 0.29) is 17.4 Å². The van der Waals surface area contributed by atoms with E-state index in [1.165, 1.54) is 6.07 Å². The van der Waals surface area contributed by atoms with Crippen LogP contribution in [0.3, 0.4) is 0 Å². The molecule has 2 unspecified atom stereocenters. The summed E-state index contributed by atoms with van der Waals surface area (Å²) in [6, 6.07) is 11.1. The second-order valence-electron chi connectivity index (χ2n) is 8.21. The highest BCUT2D eigenvalue weighted by Gasteiger charge is 2.29. The molecular weight excluding hydrogens is 507 g/mol. The Morgan fingerprint density at radius 3 is 2.47 bits per heavy atom. The average molecular weight is 533 g/mol. The predicted octanol–water partition coefficient (Wildman–Crippen LogP) is 2.41. The zero-order chi connectivity index (χ0) is 25.8. The first-order valence-electron chi connectivity index (χ1n) is 11.3. The van der Waals surface area contributed by atoms with Crippen LogP contribution in [0.1, 0.15) is 12.8 Å². The number of aromatic nitrogens is 2. The molecule has 190 valence electrons. The Kier molecular flexibility index (Phi) is 8.09. The van der Waals surface area contributed by atoms with Gasteiger partial charge in [-0.05, 0) is 49.2 Å². The minimum absolute atomic E-state index is 0.0514. The molecule has 1 aliphatic heterocycles. The summed E-state index contributed by atoms with van der Waals surface area (Å²) in [7, 11) is 0. The van der Waals surface area contributed by atoms with Gasteiger partial charge in [-0.25, -0.2) is 15.2 Å². The quantitative estimate of drug-likeness (QED) is 0.188. The Morgan fingerprint density at radius 1 is 1.11 bits per heavy atom. The summed E-state index contributed by atoms with van der Waals surface area (Å²) in [6.45, 7) is 1.47.